The van der Waals surface area contributed by atoms with Crippen molar-refractivity contribution in [2.75, 3.05) is 0 Å². The number of H-pyrrole nitrogens is 1. The van der Waals surface area contributed by atoms with Gasteiger partial charge in [-0.3, -0.25) is 0 Å². The van der Waals surface area contributed by atoms with Gasteiger partial charge in [0.1, 0.15) is 0 Å². The Kier molecular flexibility index (Phi) is 1.58. The smallest absolute Gasteiger partial charge is 0.0334 e. The molecule has 0 aliphatic heterocycles. The first-order valence-electron chi connectivity index (χ1n) is 3.09. The minimum atomic E-state index is 0.611. The van der Waals surface area contributed by atoms with Crippen LogP contribution in [0.5, 0.6) is 0 Å². The molecule has 0 atom stereocenters. The molecule has 0 radical (unpaired) electrons. The van der Waals surface area contributed by atoms with Crippen LogP contribution in [0.3, 0.4) is 0 Å². The first-order valence-corrected chi connectivity index (χ1v) is 3.09. The van der Waals surface area contributed by atoms with E-state index in [1.54, 1.807) is 0 Å². The van der Waals surface area contributed by atoms with Gasteiger partial charge in [0.25, 0.3) is 0 Å². The van der Waals surface area contributed by atoms with E-state index >= 15 is 0 Å². The molecule has 50 valence electrons. The number of nitrogens with two attached hydrogens (primary N) is 1. The highest BCUT2D eigenvalue weighted by molar-refractivity contribution is 5.27. The van der Waals surface area contributed by atoms with Gasteiger partial charge in [-0.1, -0.05) is 0 Å². The molecule has 1 heterocycles. The lowest BCUT2D eigenvalue weighted by Crippen LogP contribution is -1.97. The van der Waals surface area contributed by atoms with Crippen molar-refractivity contribution in [3.8, 4) is 0 Å². The summed E-state index contributed by atoms with van der Waals surface area (Å²) in [7, 11) is 0. The fourth-order valence-corrected chi connectivity index (χ4v) is 0.862. The molecule has 1 rings (SSSR count). The molecule has 3 N–H and O–H groups in total. The number of aryl methyl sites for hydroxylation is 1. The molecule has 9 heavy (non-hydrogen) atoms. The first kappa shape index (κ1) is 6.36. The highest BCUT2D eigenvalue weighted by Crippen LogP contribution is 2.09. The van der Waals surface area contributed by atoms with Crippen molar-refractivity contribution < 1.29 is 0 Å². The molecule has 1 aromatic rings. The van der Waals surface area contributed by atoms with Crippen molar-refractivity contribution in [1.82, 2.24) is 4.98 Å². The van der Waals surface area contributed by atoms with Crippen molar-refractivity contribution in [3.63, 3.8) is 0 Å². The molecule has 0 amide bonds. The average Bonchev–Trinajstić information content (AvgIpc) is 2.15. The monoisotopic (exact) mass is 124 g/mol. The van der Waals surface area contributed by atoms with E-state index in [0.717, 1.165) is 5.69 Å². The van der Waals surface area contributed by atoms with Crippen LogP contribution in [0.15, 0.2) is 6.20 Å². The number of hydrogen-bond acceptors (Lipinski definition) is 1. The molecule has 0 spiro atoms. The van der Waals surface area contributed by atoms with Crippen LogP contribution in [0.1, 0.15) is 16.8 Å². The third kappa shape index (κ3) is 0.980. The zero-order valence-electron chi connectivity index (χ0n) is 5.86. The minimum Gasteiger partial charge on any atom is -0.363 e. The van der Waals surface area contributed by atoms with Crippen LogP contribution in [0.4, 0.5) is 0 Å². The zero-order valence-corrected chi connectivity index (χ0v) is 5.86. The highest BCUT2D eigenvalue weighted by Gasteiger charge is 1.98. The van der Waals surface area contributed by atoms with Gasteiger partial charge in [-0.15, -0.1) is 0 Å². The highest BCUT2D eigenvalue weighted by atomic mass is 14.7. The lowest BCUT2D eigenvalue weighted by molar-refractivity contribution is 0.995. The van der Waals surface area contributed by atoms with E-state index < -0.39 is 0 Å². The molecule has 0 saturated heterocycles. The van der Waals surface area contributed by atoms with E-state index in [2.05, 4.69) is 18.8 Å². The molecule has 0 saturated carbocycles. The van der Waals surface area contributed by atoms with Gasteiger partial charge in [0.05, 0.1) is 0 Å². The summed E-state index contributed by atoms with van der Waals surface area (Å²) >= 11 is 0. The molecule has 2 nitrogen and oxygen atoms in total. The Bertz CT molecular complexity index is 201. The summed E-state index contributed by atoms with van der Waals surface area (Å²) in [4.78, 5) is 3.10. The lowest BCUT2D eigenvalue weighted by atomic mass is 10.2. The second-order valence-corrected chi connectivity index (χ2v) is 2.28. The maximum Gasteiger partial charge on any atom is 0.0334 e. The molecule has 0 aliphatic carbocycles. The topological polar surface area (TPSA) is 41.8 Å². The number of rotatable bonds is 1. The molecule has 0 bridgehead atoms. The number of hydrogen-bond donors (Lipinski definition) is 2. The number of nitrogens with one attached hydrogen (secondary N) is 1. The van der Waals surface area contributed by atoms with Crippen LogP contribution < -0.4 is 5.73 Å². The molecular weight excluding hydrogens is 112 g/mol. The van der Waals surface area contributed by atoms with Crippen molar-refractivity contribution in [3.05, 3.63) is 23.0 Å². The zero-order chi connectivity index (χ0) is 6.85. The predicted molar refractivity (Wildman–Crippen MR) is 38.2 cm³/mol. The van der Waals surface area contributed by atoms with E-state index in [9.17, 15) is 0 Å². The Balaban J connectivity index is 3.04. The lowest BCUT2D eigenvalue weighted by Gasteiger charge is -1.92. The predicted octanol–water partition coefficient (Wildman–Crippen LogP) is 1.09. The maximum absolute atomic E-state index is 5.43. The summed E-state index contributed by atoms with van der Waals surface area (Å²) in [5, 5.41) is 0. The molecule has 0 fully saturated rings. The SMILES string of the molecule is Cc1c[nH]c(CN)c1C. The average molecular weight is 124 g/mol. The van der Waals surface area contributed by atoms with Crippen LogP contribution >= 0.6 is 0 Å². The van der Waals surface area contributed by atoms with Crippen molar-refractivity contribution >= 4 is 0 Å². The summed E-state index contributed by atoms with van der Waals surface area (Å²) in [6.07, 6.45) is 1.98. The Morgan fingerprint density at radius 3 is 2.44 bits per heavy atom. The van der Waals surface area contributed by atoms with Gasteiger partial charge in [-0.25, -0.2) is 0 Å². The van der Waals surface area contributed by atoms with E-state index in [4.69, 9.17) is 5.73 Å². The van der Waals surface area contributed by atoms with Crippen molar-refractivity contribution in [2.24, 2.45) is 5.73 Å². The molecule has 0 aromatic carbocycles. The molecule has 0 aliphatic rings. The van der Waals surface area contributed by atoms with E-state index in [1.807, 2.05) is 6.20 Å². The Morgan fingerprint density at radius 1 is 1.56 bits per heavy atom. The Hall–Kier alpha value is -0.760. The van der Waals surface area contributed by atoms with E-state index in [1.165, 1.54) is 11.1 Å². The van der Waals surface area contributed by atoms with Crippen molar-refractivity contribution in [1.29, 1.82) is 0 Å². The van der Waals surface area contributed by atoms with Crippen LogP contribution in [-0.4, -0.2) is 4.98 Å². The van der Waals surface area contributed by atoms with Gasteiger partial charge >= 0.3 is 0 Å². The van der Waals surface area contributed by atoms with E-state index in [-0.39, 0.29) is 0 Å². The summed E-state index contributed by atoms with van der Waals surface area (Å²) in [5.74, 6) is 0. The fraction of sp³-hybridized carbons (Fsp3) is 0.429. The third-order valence-electron chi connectivity index (χ3n) is 1.71. The van der Waals surface area contributed by atoms with Gasteiger partial charge in [-0.2, -0.15) is 0 Å². The summed E-state index contributed by atoms with van der Waals surface area (Å²) < 4.78 is 0. The molecule has 0 unspecified atom stereocenters. The number of aromatic nitrogens is 1. The van der Waals surface area contributed by atoms with Crippen LogP contribution in [-0.2, 0) is 6.54 Å². The van der Waals surface area contributed by atoms with Gasteiger partial charge < -0.3 is 10.7 Å². The second kappa shape index (κ2) is 2.23. The van der Waals surface area contributed by atoms with Crippen LogP contribution in [0.2, 0.25) is 0 Å². The summed E-state index contributed by atoms with van der Waals surface area (Å²) in [6, 6.07) is 0. The molecule has 1 aromatic heterocycles. The minimum absolute atomic E-state index is 0.611. The van der Waals surface area contributed by atoms with Gasteiger partial charge in [0.2, 0.25) is 0 Å². The van der Waals surface area contributed by atoms with Gasteiger partial charge in [-0.05, 0) is 25.0 Å². The van der Waals surface area contributed by atoms with Crippen LogP contribution in [0.25, 0.3) is 0 Å². The summed E-state index contributed by atoms with van der Waals surface area (Å²) in [6.45, 7) is 4.76. The molecule has 2 heteroatoms. The van der Waals surface area contributed by atoms with Gasteiger partial charge in [0, 0.05) is 18.4 Å². The quantitative estimate of drug-likeness (QED) is 0.578. The van der Waals surface area contributed by atoms with E-state index in [0.29, 0.717) is 6.54 Å². The Morgan fingerprint density at radius 2 is 2.22 bits per heavy atom. The summed E-state index contributed by atoms with van der Waals surface area (Å²) in [5.41, 5.74) is 9.16. The molecular formula is C7H12N2. The van der Waals surface area contributed by atoms with Gasteiger partial charge in [0.15, 0.2) is 0 Å². The van der Waals surface area contributed by atoms with Crippen molar-refractivity contribution in [2.45, 2.75) is 20.4 Å². The largest absolute Gasteiger partial charge is 0.363 e. The first-order chi connectivity index (χ1) is 4.25. The van der Waals surface area contributed by atoms with Crippen LogP contribution in [0, 0.1) is 13.8 Å². The maximum atomic E-state index is 5.43. The second-order valence-electron chi connectivity index (χ2n) is 2.28. The third-order valence-corrected chi connectivity index (χ3v) is 1.71. The standard InChI is InChI=1S/C7H12N2/c1-5-4-9-7(3-8)6(5)2/h4,9H,3,8H2,1-2H3. The fourth-order valence-electron chi connectivity index (χ4n) is 0.862. The number of aromatic amines is 1. The Labute approximate surface area is 55.1 Å². The normalized spacial score (nSPS) is 10.1.